The second-order valence-corrected chi connectivity index (χ2v) is 8.12. The minimum absolute atomic E-state index is 0.00535. The van der Waals surface area contributed by atoms with Gasteiger partial charge in [-0.2, -0.15) is 0 Å². The molecule has 0 fully saturated rings. The van der Waals surface area contributed by atoms with Gasteiger partial charge in [0.1, 0.15) is 17.2 Å². The SMILES string of the molecule is C=C(C)C(=O)Oc1ccc(-c2cc(F)c(OC(=O)C(=C)C)cc2OC(=O)C(=C)C)c(OC(=O)C(=C)C)c1. The van der Waals surface area contributed by atoms with Gasteiger partial charge in [0, 0.05) is 45.6 Å². The van der Waals surface area contributed by atoms with Crippen molar-refractivity contribution in [2.45, 2.75) is 27.7 Å². The van der Waals surface area contributed by atoms with Gasteiger partial charge < -0.3 is 18.9 Å². The van der Waals surface area contributed by atoms with Gasteiger partial charge in [0.05, 0.1) is 0 Å². The van der Waals surface area contributed by atoms with Crippen molar-refractivity contribution in [3.63, 3.8) is 0 Å². The molecule has 0 N–H and O–H groups in total. The van der Waals surface area contributed by atoms with Crippen molar-refractivity contribution in [3.05, 3.63) is 84.8 Å². The molecular formula is C28H25FO8. The van der Waals surface area contributed by atoms with Crippen LogP contribution in [0.5, 0.6) is 23.0 Å². The number of ether oxygens (including phenoxy) is 4. The van der Waals surface area contributed by atoms with Crippen LogP contribution in [0.3, 0.4) is 0 Å². The lowest BCUT2D eigenvalue weighted by Crippen LogP contribution is -2.13. The lowest BCUT2D eigenvalue weighted by molar-refractivity contribution is -0.131. The van der Waals surface area contributed by atoms with E-state index in [1.807, 2.05) is 0 Å². The highest BCUT2D eigenvalue weighted by Crippen LogP contribution is 2.42. The molecule has 0 aromatic heterocycles. The predicted molar refractivity (Wildman–Crippen MR) is 134 cm³/mol. The van der Waals surface area contributed by atoms with Crippen molar-refractivity contribution in [3.8, 4) is 34.1 Å². The molecule has 0 radical (unpaired) electrons. The number of halogens is 1. The Hall–Kier alpha value is -4.79. The van der Waals surface area contributed by atoms with Gasteiger partial charge in [-0.1, -0.05) is 26.3 Å². The number of hydrogen-bond donors (Lipinski definition) is 0. The fourth-order valence-electron chi connectivity index (χ4n) is 2.54. The van der Waals surface area contributed by atoms with E-state index in [2.05, 4.69) is 26.3 Å². The zero-order valence-corrected chi connectivity index (χ0v) is 20.9. The van der Waals surface area contributed by atoms with Crippen molar-refractivity contribution in [2.75, 3.05) is 0 Å². The van der Waals surface area contributed by atoms with Crippen LogP contribution in [0.25, 0.3) is 11.1 Å². The largest absolute Gasteiger partial charge is 0.423 e. The summed E-state index contributed by atoms with van der Waals surface area (Å²) in [7, 11) is 0. The van der Waals surface area contributed by atoms with Gasteiger partial charge in [-0.25, -0.2) is 23.6 Å². The number of benzene rings is 2. The fraction of sp³-hybridized carbons (Fsp3) is 0.143. The minimum atomic E-state index is -0.991. The summed E-state index contributed by atoms with van der Waals surface area (Å²) in [5.74, 6) is -5.23. The lowest BCUT2D eigenvalue weighted by Gasteiger charge is -2.17. The Labute approximate surface area is 213 Å². The molecule has 9 heteroatoms. The third-order valence-corrected chi connectivity index (χ3v) is 4.49. The standard InChI is InChI=1S/C28H25FO8/c1-14(2)25(30)34-18-9-10-19(22(11-18)35-26(31)15(3)4)20-12-21(29)24(37-28(33)17(7)8)13-23(20)36-27(32)16(5)6/h9-13H,1,3,5,7H2,2,4,6,8H3. The molecule has 0 aliphatic carbocycles. The van der Waals surface area contributed by atoms with Crippen molar-refractivity contribution >= 4 is 23.9 Å². The fourth-order valence-corrected chi connectivity index (χ4v) is 2.54. The van der Waals surface area contributed by atoms with Crippen LogP contribution in [0.15, 0.2) is 78.9 Å². The highest BCUT2D eigenvalue weighted by Gasteiger charge is 2.23. The van der Waals surface area contributed by atoms with Crippen LogP contribution in [-0.4, -0.2) is 23.9 Å². The van der Waals surface area contributed by atoms with E-state index in [0.29, 0.717) is 0 Å². The number of carbonyl (C=O) groups excluding carboxylic acids is 4. The van der Waals surface area contributed by atoms with Crippen LogP contribution in [0.1, 0.15) is 27.7 Å². The lowest BCUT2D eigenvalue weighted by atomic mass is 10.0. The van der Waals surface area contributed by atoms with Gasteiger partial charge in [0.2, 0.25) is 0 Å². The molecule has 0 atom stereocenters. The van der Waals surface area contributed by atoms with Crippen molar-refractivity contribution in [1.82, 2.24) is 0 Å². The smallest absolute Gasteiger partial charge is 0.338 e. The summed E-state index contributed by atoms with van der Waals surface area (Å²) in [6, 6.07) is 5.84. The van der Waals surface area contributed by atoms with Crippen molar-refractivity contribution in [2.24, 2.45) is 0 Å². The molecule has 0 heterocycles. The Morgan fingerprint density at radius 1 is 0.568 bits per heavy atom. The highest BCUT2D eigenvalue weighted by atomic mass is 19.1. The maximum atomic E-state index is 15.0. The Kier molecular flexibility index (Phi) is 9.04. The van der Waals surface area contributed by atoms with E-state index >= 15 is 4.39 Å². The number of carbonyl (C=O) groups is 4. The summed E-state index contributed by atoms with van der Waals surface area (Å²) in [6.45, 7) is 19.6. The molecule has 0 amide bonds. The molecule has 2 rings (SSSR count). The van der Waals surface area contributed by atoms with Gasteiger partial charge in [0.15, 0.2) is 11.6 Å². The van der Waals surface area contributed by atoms with E-state index in [1.54, 1.807) is 0 Å². The average molecular weight is 508 g/mol. The summed E-state index contributed by atoms with van der Waals surface area (Å²) < 4.78 is 36.0. The maximum absolute atomic E-state index is 15.0. The summed E-state index contributed by atoms with van der Waals surface area (Å²) >= 11 is 0. The van der Waals surface area contributed by atoms with Gasteiger partial charge in [-0.3, -0.25) is 0 Å². The molecule has 37 heavy (non-hydrogen) atoms. The zero-order chi connectivity index (χ0) is 28.0. The van der Waals surface area contributed by atoms with E-state index in [0.717, 1.165) is 12.1 Å². The highest BCUT2D eigenvalue weighted by molar-refractivity contribution is 5.94. The van der Waals surface area contributed by atoms with E-state index in [-0.39, 0.29) is 50.7 Å². The van der Waals surface area contributed by atoms with Crippen molar-refractivity contribution in [1.29, 1.82) is 0 Å². The summed E-state index contributed by atoms with van der Waals surface area (Å²) in [5.41, 5.74) is 0.248. The van der Waals surface area contributed by atoms with E-state index < -0.39 is 35.4 Å². The summed E-state index contributed by atoms with van der Waals surface area (Å²) in [6.07, 6.45) is 0. The molecule has 0 unspecified atom stereocenters. The van der Waals surface area contributed by atoms with E-state index in [4.69, 9.17) is 18.9 Å². The quantitative estimate of drug-likeness (QED) is 0.251. The molecule has 2 aromatic carbocycles. The topological polar surface area (TPSA) is 105 Å². The van der Waals surface area contributed by atoms with E-state index in [1.165, 1.54) is 45.9 Å². The van der Waals surface area contributed by atoms with Crippen LogP contribution in [-0.2, 0) is 19.2 Å². The second kappa shape index (κ2) is 11.8. The van der Waals surface area contributed by atoms with Gasteiger partial charge in [0.25, 0.3) is 0 Å². The summed E-state index contributed by atoms with van der Waals surface area (Å²) in [5, 5.41) is 0. The normalized spacial score (nSPS) is 10.1. The average Bonchev–Trinajstić information content (AvgIpc) is 2.80. The zero-order valence-electron chi connectivity index (χ0n) is 20.9. The molecule has 0 spiro atoms. The maximum Gasteiger partial charge on any atom is 0.338 e. The van der Waals surface area contributed by atoms with Gasteiger partial charge >= 0.3 is 23.9 Å². The summed E-state index contributed by atoms with van der Waals surface area (Å²) in [4.78, 5) is 48.5. The van der Waals surface area contributed by atoms with Crippen LogP contribution in [0.4, 0.5) is 4.39 Å². The van der Waals surface area contributed by atoms with Crippen LogP contribution in [0, 0.1) is 5.82 Å². The third-order valence-electron chi connectivity index (χ3n) is 4.49. The first kappa shape index (κ1) is 28.4. The Morgan fingerprint density at radius 3 is 1.43 bits per heavy atom. The Morgan fingerprint density at radius 2 is 0.973 bits per heavy atom. The monoisotopic (exact) mass is 508 g/mol. The van der Waals surface area contributed by atoms with Crippen LogP contribution < -0.4 is 18.9 Å². The predicted octanol–water partition coefficient (Wildman–Crippen LogP) is 5.42. The van der Waals surface area contributed by atoms with Crippen LogP contribution >= 0.6 is 0 Å². The number of esters is 4. The van der Waals surface area contributed by atoms with Crippen molar-refractivity contribution < 1.29 is 42.5 Å². The van der Waals surface area contributed by atoms with Gasteiger partial charge in [-0.05, 0) is 45.9 Å². The molecule has 0 saturated heterocycles. The van der Waals surface area contributed by atoms with Gasteiger partial charge in [-0.15, -0.1) is 0 Å². The second-order valence-electron chi connectivity index (χ2n) is 8.12. The third kappa shape index (κ3) is 7.35. The first-order valence-electron chi connectivity index (χ1n) is 10.7. The number of rotatable bonds is 9. The first-order chi connectivity index (χ1) is 17.2. The molecule has 192 valence electrons. The Bertz CT molecular complexity index is 1370. The Balaban J connectivity index is 2.75. The first-order valence-corrected chi connectivity index (χ1v) is 10.7. The molecule has 0 bridgehead atoms. The van der Waals surface area contributed by atoms with E-state index in [9.17, 15) is 19.2 Å². The molecule has 0 aliphatic rings. The molecule has 0 saturated carbocycles. The van der Waals surface area contributed by atoms with Crippen LogP contribution in [0.2, 0.25) is 0 Å². The molecular weight excluding hydrogens is 483 g/mol. The minimum Gasteiger partial charge on any atom is -0.423 e. The molecule has 0 aliphatic heterocycles. The number of hydrogen-bond acceptors (Lipinski definition) is 8. The molecule has 2 aromatic rings. The molecule has 8 nitrogen and oxygen atoms in total.